The predicted molar refractivity (Wildman–Crippen MR) is 70.0 cm³/mol. The van der Waals surface area contributed by atoms with Crippen molar-refractivity contribution in [2.75, 3.05) is 13.2 Å². The molecule has 1 aliphatic rings. The second-order valence-corrected chi connectivity index (χ2v) is 5.34. The Labute approximate surface area is 134 Å². The second kappa shape index (κ2) is 7.88. The number of carbonyl (C=O) groups excluding carboxylic acids is 2. The van der Waals surface area contributed by atoms with Crippen LogP contribution in [0.15, 0.2) is 0 Å². The monoisotopic (exact) mass is 356 g/mol. The van der Waals surface area contributed by atoms with Gasteiger partial charge in [-0.1, -0.05) is 0 Å². The summed E-state index contributed by atoms with van der Waals surface area (Å²) in [6, 6.07) is 0. The minimum atomic E-state index is -3.42. The van der Waals surface area contributed by atoms with Gasteiger partial charge in [0.05, 0.1) is 13.2 Å². The molecule has 0 aromatic carbocycles. The lowest BCUT2D eigenvalue weighted by molar-refractivity contribution is -0.329. The summed E-state index contributed by atoms with van der Waals surface area (Å²) in [5.74, 6) is -7.33. The molecule has 0 aromatic rings. The number of hydrogen-bond donors (Lipinski definition) is 9. The van der Waals surface area contributed by atoms with E-state index in [0.29, 0.717) is 0 Å². The molecule has 8 atom stereocenters. The molecule has 0 radical (unpaired) electrons. The maximum Gasteiger partial charge on any atom is 0.264 e. The maximum atomic E-state index is 12.0. The molecule has 140 valence electrons. The number of aliphatic hydroxyl groups excluding tert-OH is 8. The summed E-state index contributed by atoms with van der Waals surface area (Å²) in [6.07, 6.45) is -15.2. The van der Waals surface area contributed by atoms with E-state index in [1.54, 1.807) is 0 Å². The number of rotatable bonds is 7. The lowest BCUT2D eigenvalue weighted by atomic mass is 9.87. The standard InChI is InChI=1S/C12H20O12/c13-1-3(15)5(16)7(18)9(20)11(22)12(23)10(21)8(19)6(17)4(2-14)24-12/h3-8,10,13-19,21,23H,1-2H2/t3-,4-,5-,6-,7+,8+,10-,12?/m1/s1. The second-order valence-electron chi connectivity index (χ2n) is 5.34. The third kappa shape index (κ3) is 3.62. The van der Waals surface area contributed by atoms with E-state index in [2.05, 4.69) is 4.74 Å². The zero-order valence-corrected chi connectivity index (χ0v) is 12.2. The van der Waals surface area contributed by atoms with Gasteiger partial charge in [0, 0.05) is 0 Å². The van der Waals surface area contributed by atoms with Crippen LogP contribution in [0.25, 0.3) is 0 Å². The molecule has 1 unspecified atom stereocenters. The molecule has 9 N–H and O–H groups in total. The van der Waals surface area contributed by atoms with E-state index in [4.69, 9.17) is 15.3 Å². The van der Waals surface area contributed by atoms with Crippen LogP contribution in [-0.4, -0.2) is 119 Å². The van der Waals surface area contributed by atoms with Gasteiger partial charge in [-0.3, -0.25) is 9.59 Å². The average Bonchev–Trinajstić information content (AvgIpc) is 2.59. The minimum Gasteiger partial charge on any atom is -0.394 e. The topological polar surface area (TPSA) is 225 Å². The van der Waals surface area contributed by atoms with Crippen LogP contribution >= 0.6 is 0 Å². The van der Waals surface area contributed by atoms with E-state index in [0.717, 1.165) is 0 Å². The highest BCUT2D eigenvalue weighted by Crippen LogP contribution is 2.29. The smallest absolute Gasteiger partial charge is 0.264 e. The first-order chi connectivity index (χ1) is 11.0. The summed E-state index contributed by atoms with van der Waals surface area (Å²) in [5.41, 5.74) is 0. The third-order valence-corrected chi connectivity index (χ3v) is 3.69. The molecule has 0 bridgehead atoms. The first-order valence-electron chi connectivity index (χ1n) is 6.81. The lowest BCUT2D eigenvalue weighted by Crippen LogP contribution is -2.70. The van der Waals surface area contributed by atoms with Crippen molar-refractivity contribution in [3.63, 3.8) is 0 Å². The van der Waals surface area contributed by atoms with Crippen LogP contribution in [-0.2, 0) is 14.3 Å². The van der Waals surface area contributed by atoms with Gasteiger partial charge in [0.15, 0.2) is 0 Å². The van der Waals surface area contributed by atoms with Crippen molar-refractivity contribution in [3.05, 3.63) is 0 Å². The van der Waals surface area contributed by atoms with Crippen molar-refractivity contribution < 1.29 is 60.3 Å². The zero-order valence-electron chi connectivity index (χ0n) is 12.2. The third-order valence-electron chi connectivity index (χ3n) is 3.69. The van der Waals surface area contributed by atoms with Crippen LogP contribution in [0.5, 0.6) is 0 Å². The molecule has 24 heavy (non-hydrogen) atoms. The SMILES string of the molecule is O=C(C(=O)C1(O)O[C@H](CO)[C@@H](O)[C@H](O)[C@H]1O)[C@@H](O)[C@H](O)[C@H](O)CO. The summed E-state index contributed by atoms with van der Waals surface area (Å²) < 4.78 is 4.59. The van der Waals surface area contributed by atoms with E-state index in [-0.39, 0.29) is 0 Å². The molecule has 0 aromatic heterocycles. The number of ether oxygens (including phenoxy) is 1. The largest absolute Gasteiger partial charge is 0.394 e. The van der Waals surface area contributed by atoms with Crippen molar-refractivity contribution >= 4 is 11.6 Å². The number of ketones is 2. The average molecular weight is 356 g/mol. The molecule has 1 fully saturated rings. The van der Waals surface area contributed by atoms with Gasteiger partial charge >= 0.3 is 0 Å². The number of Topliss-reactive ketones (excluding diaryl/α,β-unsaturated/α-hetero) is 2. The fourth-order valence-corrected chi connectivity index (χ4v) is 2.13. The van der Waals surface area contributed by atoms with Crippen LogP contribution in [0.4, 0.5) is 0 Å². The zero-order chi connectivity index (χ0) is 18.8. The Morgan fingerprint density at radius 3 is 2.04 bits per heavy atom. The Hall–Kier alpha value is -1.06. The molecule has 12 nitrogen and oxygen atoms in total. The van der Waals surface area contributed by atoms with Crippen LogP contribution in [0.2, 0.25) is 0 Å². The van der Waals surface area contributed by atoms with Crippen LogP contribution in [0.3, 0.4) is 0 Å². The molecule has 0 spiro atoms. The fraction of sp³-hybridized carbons (Fsp3) is 0.833. The molecular weight excluding hydrogens is 336 g/mol. The van der Waals surface area contributed by atoms with Crippen molar-refractivity contribution in [1.82, 2.24) is 0 Å². The van der Waals surface area contributed by atoms with Crippen LogP contribution < -0.4 is 0 Å². The molecule has 0 amide bonds. The molecule has 1 heterocycles. The lowest BCUT2D eigenvalue weighted by Gasteiger charge is -2.44. The number of hydrogen-bond acceptors (Lipinski definition) is 12. The molecule has 1 aliphatic heterocycles. The summed E-state index contributed by atoms with van der Waals surface area (Å²) in [5, 5.41) is 84.5. The van der Waals surface area contributed by atoms with Crippen molar-refractivity contribution in [3.8, 4) is 0 Å². The van der Waals surface area contributed by atoms with Crippen LogP contribution in [0, 0.1) is 0 Å². The van der Waals surface area contributed by atoms with E-state index in [9.17, 15) is 40.2 Å². The first-order valence-corrected chi connectivity index (χ1v) is 6.81. The van der Waals surface area contributed by atoms with Gasteiger partial charge in [0.25, 0.3) is 11.6 Å². The van der Waals surface area contributed by atoms with Crippen molar-refractivity contribution in [1.29, 1.82) is 0 Å². The van der Waals surface area contributed by atoms with Gasteiger partial charge in [0.2, 0.25) is 5.78 Å². The van der Waals surface area contributed by atoms with Crippen LogP contribution in [0.1, 0.15) is 0 Å². The van der Waals surface area contributed by atoms with E-state index in [1.165, 1.54) is 0 Å². The molecule has 12 heteroatoms. The summed E-state index contributed by atoms with van der Waals surface area (Å²) >= 11 is 0. The van der Waals surface area contributed by atoms with E-state index in [1.807, 2.05) is 0 Å². The Morgan fingerprint density at radius 2 is 1.58 bits per heavy atom. The van der Waals surface area contributed by atoms with Crippen molar-refractivity contribution in [2.45, 2.75) is 48.5 Å². The van der Waals surface area contributed by atoms with Crippen molar-refractivity contribution in [2.24, 2.45) is 0 Å². The summed E-state index contributed by atoms with van der Waals surface area (Å²) in [6.45, 7) is -2.05. The number of aliphatic hydroxyl groups is 9. The first kappa shape index (κ1) is 21.0. The van der Waals surface area contributed by atoms with E-state index < -0.39 is 73.3 Å². The van der Waals surface area contributed by atoms with Gasteiger partial charge in [-0.2, -0.15) is 0 Å². The predicted octanol–water partition coefficient (Wildman–Crippen LogP) is -6.64. The Kier molecular flexibility index (Phi) is 6.89. The fourth-order valence-electron chi connectivity index (χ4n) is 2.13. The molecule has 1 rings (SSSR count). The molecule has 1 saturated heterocycles. The molecule has 0 saturated carbocycles. The summed E-state index contributed by atoms with van der Waals surface area (Å²) in [4.78, 5) is 23.9. The van der Waals surface area contributed by atoms with Gasteiger partial charge < -0.3 is 50.7 Å². The quantitative estimate of drug-likeness (QED) is 0.194. The normalized spacial score (nSPS) is 37.5. The maximum absolute atomic E-state index is 12.0. The Bertz CT molecular complexity index is 467. The van der Waals surface area contributed by atoms with Gasteiger partial charge in [0.1, 0.15) is 42.7 Å². The minimum absolute atomic E-state index is 0.997. The Balaban J connectivity index is 3.04. The highest BCUT2D eigenvalue weighted by molar-refractivity contribution is 6.41. The molecule has 0 aliphatic carbocycles. The highest BCUT2D eigenvalue weighted by Gasteiger charge is 2.59. The molecular formula is C12H20O12. The van der Waals surface area contributed by atoms with Gasteiger partial charge in [-0.15, -0.1) is 0 Å². The highest BCUT2D eigenvalue weighted by atomic mass is 16.7. The Morgan fingerprint density at radius 1 is 1.04 bits per heavy atom. The van der Waals surface area contributed by atoms with E-state index >= 15 is 0 Å². The summed E-state index contributed by atoms with van der Waals surface area (Å²) in [7, 11) is 0. The van der Waals surface area contributed by atoms with Gasteiger partial charge in [-0.05, 0) is 0 Å². The number of carbonyl (C=O) groups is 2. The van der Waals surface area contributed by atoms with Gasteiger partial charge in [-0.25, -0.2) is 0 Å².